The van der Waals surface area contributed by atoms with Crippen molar-refractivity contribution in [2.75, 3.05) is 25.5 Å². The second-order valence-corrected chi connectivity index (χ2v) is 7.93. The molecule has 3 N–H and O–H groups in total. The molecule has 0 fully saturated rings. The third kappa shape index (κ3) is 5.64. The first kappa shape index (κ1) is 23.7. The number of likely N-dealkylation sites (N-methyl/N-ethyl adjacent to an activating group) is 1. The van der Waals surface area contributed by atoms with Gasteiger partial charge in [0.05, 0.1) is 23.8 Å². The maximum atomic E-state index is 14.0. The maximum Gasteiger partial charge on any atom is 0.419 e. The zero-order valence-corrected chi connectivity index (χ0v) is 18.1. The molecule has 0 aliphatic carbocycles. The third-order valence-corrected chi connectivity index (χ3v) is 5.06. The molecule has 3 rings (SSSR count). The van der Waals surface area contributed by atoms with Crippen molar-refractivity contribution in [3.05, 3.63) is 52.6 Å². The summed E-state index contributed by atoms with van der Waals surface area (Å²) < 4.78 is 52.6. The highest BCUT2D eigenvalue weighted by molar-refractivity contribution is 5.75. The third-order valence-electron chi connectivity index (χ3n) is 5.06. The van der Waals surface area contributed by atoms with E-state index in [1.807, 2.05) is 13.8 Å². The van der Waals surface area contributed by atoms with Crippen LogP contribution >= 0.6 is 0 Å². The molecular weight excluding hydrogens is 428 g/mol. The van der Waals surface area contributed by atoms with E-state index < -0.39 is 29.6 Å². The van der Waals surface area contributed by atoms with Gasteiger partial charge in [0, 0.05) is 25.3 Å². The van der Waals surface area contributed by atoms with Gasteiger partial charge in [0.2, 0.25) is 5.95 Å². The Morgan fingerprint density at radius 2 is 2.03 bits per heavy atom. The van der Waals surface area contributed by atoms with Crippen LogP contribution in [0.1, 0.15) is 42.3 Å². The van der Waals surface area contributed by atoms with Crippen LogP contribution in [0.5, 0.6) is 0 Å². The second-order valence-electron chi connectivity index (χ2n) is 7.93. The van der Waals surface area contributed by atoms with Crippen molar-refractivity contribution >= 4 is 12.0 Å². The lowest BCUT2D eigenvalue weighted by Crippen LogP contribution is -2.46. The molecule has 1 aliphatic rings. The Labute approximate surface area is 183 Å². The number of carbonyl (C=O) groups is 1. The van der Waals surface area contributed by atoms with Gasteiger partial charge in [-0.15, -0.1) is 0 Å². The van der Waals surface area contributed by atoms with Crippen LogP contribution in [-0.2, 0) is 19.1 Å². The van der Waals surface area contributed by atoms with Gasteiger partial charge in [-0.05, 0) is 50.6 Å². The fourth-order valence-electron chi connectivity index (χ4n) is 3.48. The first-order chi connectivity index (χ1) is 15.1. The summed E-state index contributed by atoms with van der Waals surface area (Å²) in [6.45, 7) is 4.85. The van der Waals surface area contributed by atoms with Gasteiger partial charge >= 0.3 is 12.2 Å². The lowest BCUT2D eigenvalue weighted by atomic mass is 10.0. The molecule has 1 atom stereocenters. The normalized spacial score (nSPS) is 14.8. The number of rotatable bonds is 6. The number of carbonyl (C=O) groups excluding carboxylic acids is 1. The van der Waals surface area contributed by atoms with Gasteiger partial charge in [0.15, 0.2) is 0 Å². The smallest absolute Gasteiger partial charge is 0.352 e. The molecule has 0 spiro atoms. The number of halogens is 4. The summed E-state index contributed by atoms with van der Waals surface area (Å²) in [4.78, 5) is 23.2. The topological polar surface area (TPSA) is 82.2 Å². The van der Waals surface area contributed by atoms with E-state index in [9.17, 15) is 22.4 Å². The summed E-state index contributed by atoms with van der Waals surface area (Å²) >= 11 is 0. The van der Waals surface area contributed by atoms with E-state index in [0.29, 0.717) is 25.0 Å². The molecule has 32 heavy (non-hydrogen) atoms. The molecule has 0 bridgehead atoms. The number of hydrogen-bond acceptors (Lipinski definition) is 5. The minimum Gasteiger partial charge on any atom is -0.352 e. The molecule has 0 saturated heterocycles. The quantitative estimate of drug-likeness (QED) is 0.583. The van der Waals surface area contributed by atoms with Crippen molar-refractivity contribution in [3.63, 3.8) is 0 Å². The molecule has 1 aromatic heterocycles. The van der Waals surface area contributed by atoms with Crippen LogP contribution < -0.4 is 16.0 Å². The molecule has 11 heteroatoms. The van der Waals surface area contributed by atoms with Crippen molar-refractivity contribution in [2.24, 2.45) is 0 Å². The maximum absolute atomic E-state index is 14.0. The largest absolute Gasteiger partial charge is 0.419 e. The van der Waals surface area contributed by atoms with Crippen LogP contribution in [0.4, 0.5) is 28.3 Å². The molecule has 2 aromatic rings. The average Bonchev–Trinajstić information content (AvgIpc) is 2.71. The number of urea groups is 1. The lowest BCUT2D eigenvalue weighted by Gasteiger charge is -2.30. The summed E-state index contributed by atoms with van der Waals surface area (Å²) in [6, 6.07) is 1.71. The Morgan fingerprint density at radius 3 is 2.66 bits per heavy atom. The molecule has 2 heterocycles. The number of benzene rings is 1. The van der Waals surface area contributed by atoms with Crippen molar-refractivity contribution in [1.82, 2.24) is 25.5 Å². The predicted molar refractivity (Wildman–Crippen MR) is 112 cm³/mol. The number of nitrogens with one attached hydrogen (secondary N) is 3. The van der Waals surface area contributed by atoms with Crippen molar-refractivity contribution in [3.8, 4) is 0 Å². The fraction of sp³-hybridized carbons (Fsp3) is 0.476. The summed E-state index contributed by atoms with van der Waals surface area (Å²) in [7, 11) is 1.64. The van der Waals surface area contributed by atoms with E-state index in [1.54, 1.807) is 18.1 Å². The molecule has 1 aliphatic heterocycles. The minimum absolute atomic E-state index is 0.155. The summed E-state index contributed by atoms with van der Waals surface area (Å²) in [5, 5.41) is 8.78. The van der Waals surface area contributed by atoms with Gasteiger partial charge in [0.1, 0.15) is 5.82 Å². The van der Waals surface area contributed by atoms with E-state index in [1.165, 1.54) is 6.07 Å². The standard InChI is InChI=1S/C21H26F4N6O/c1-12(2)28-19-27-9-14-6-7-31(11-18(14)29-19)20(32)30-17(10-26-3)13-4-5-15(16(22)8-13)21(23,24)25/h4-5,8-9,12,17,26H,6-7,10-11H2,1-3H3,(H,30,32)(H,27,28,29)/t17-/m1/s1. The van der Waals surface area contributed by atoms with Crippen LogP contribution in [-0.4, -0.2) is 47.1 Å². The molecule has 0 radical (unpaired) electrons. The van der Waals surface area contributed by atoms with Gasteiger partial charge in [-0.25, -0.2) is 19.2 Å². The van der Waals surface area contributed by atoms with E-state index in [-0.39, 0.29) is 24.7 Å². The van der Waals surface area contributed by atoms with Crippen molar-refractivity contribution in [2.45, 2.75) is 45.1 Å². The lowest BCUT2D eigenvalue weighted by molar-refractivity contribution is -0.140. The van der Waals surface area contributed by atoms with Crippen LogP contribution in [0.15, 0.2) is 24.4 Å². The summed E-state index contributed by atoms with van der Waals surface area (Å²) in [5.74, 6) is -0.895. The molecular formula is C21H26F4N6O. The number of fused-ring (bicyclic) bond motifs is 1. The van der Waals surface area contributed by atoms with Gasteiger partial charge in [0.25, 0.3) is 0 Å². The number of aromatic nitrogens is 2. The Hall–Kier alpha value is -2.95. The number of amides is 2. The summed E-state index contributed by atoms with van der Waals surface area (Å²) in [6.07, 6.45) is -2.45. The molecule has 2 amide bonds. The van der Waals surface area contributed by atoms with E-state index in [2.05, 4.69) is 25.9 Å². The van der Waals surface area contributed by atoms with Crippen LogP contribution in [0.2, 0.25) is 0 Å². The Morgan fingerprint density at radius 1 is 1.28 bits per heavy atom. The Balaban J connectivity index is 1.74. The van der Waals surface area contributed by atoms with E-state index >= 15 is 0 Å². The zero-order valence-electron chi connectivity index (χ0n) is 18.1. The molecule has 0 unspecified atom stereocenters. The van der Waals surface area contributed by atoms with Crippen LogP contribution in [0.3, 0.4) is 0 Å². The second kappa shape index (κ2) is 9.68. The van der Waals surface area contributed by atoms with Gasteiger partial charge in [-0.3, -0.25) is 0 Å². The van der Waals surface area contributed by atoms with Crippen molar-refractivity contribution in [1.29, 1.82) is 0 Å². The molecule has 0 saturated carbocycles. The average molecular weight is 454 g/mol. The molecule has 174 valence electrons. The summed E-state index contributed by atoms with van der Waals surface area (Å²) in [5.41, 5.74) is 0.588. The van der Waals surface area contributed by atoms with E-state index in [0.717, 1.165) is 17.3 Å². The monoisotopic (exact) mass is 454 g/mol. The number of nitrogens with zero attached hydrogens (tertiary/aromatic N) is 3. The number of hydrogen-bond donors (Lipinski definition) is 3. The minimum atomic E-state index is -4.78. The molecule has 7 nitrogen and oxygen atoms in total. The number of anilines is 1. The van der Waals surface area contributed by atoms with Gasteiger partial charge in [-0.1, -0.05) is 6.07 Å². The highest BCUT2D eigenvalue weighted by atomic mass is 19.4. The van der Waals surface area contributed by atoms with Crippen LogP contribution in [0, 0.1) is 5.82 Å². The van der Waals surface area contributed by atoms with Gasteiger partial charge in [-0.2, -0.15) is 13.2 Å². The molecule has 1 aromatic carbocycles. The zero-order chi connectivity index (χ0) is 23.5. The fourth-order valence-corrected chi connectivity index (χ4v) is 3.48. The first-order valence-corrected chi connectivity index (χ1v) is 10.3. The van der Waals surface area contributed by atoms with Crippen molar-refractivity contribution < 1.29 is 22.4 Å². The Kier molecular flexibility index (Phi) is 7.17. The van der Waals surface area contributed by atoms with Crippen LogP contribution in [0.25, 0.3) is 0 Å². The van der Waals surface area contributed by atoms with Gasteiger partial charge < -0.3 is 20.9 Å². The van der Waals surface area contributed by atoms with E-state index in [4.69, 9.17) is 0 Å². The highest BCUT2D eigenvalue weighted by Gasteiger charge is 2.34. The Bertz CT molecular complexity index is 966. The SMILES string of the molecule is CNC[C@@H](NC(=O)N1CCc2cnc(NC(C)C)nc2C1)c1ccc(C(F)(F)F)c(F)c1. The first-order valence-electron chi connectivity index (χ1n) is 10.3. The highest BCUT2D eigenvalue weighted by Crippen LogP contribution is 2.32. The number of alkyl halides is 3. The predicted octanol–water partition coefficient (Wildman–Crippen LogP) is 3.48.